The number of carboxylic acid groups (broad SMARTS) is 2. The van der Waals surface area contributed by atoms with Crippen LogP contribution in [0, 0.1) is 0 Å². The average Bonchev–Trinajstić information content (AvgIpc) is 3.56. The van der Waals surface area contributed by atoms with E-state index >= 15 is 0 Å². The third-order valence-electron chi connectivity index (χ3n) is 6.17. The van der Waals surface area contributed by atoms with E-state index in [9.17, 15) is 29.4 Å². The molecule has 2 amide bonds. The first kappa shape index (κ1) is 28.5. The number of carboxylic acids is 2. The number of carbonyl (C=O) groups excluding carboxylic acids is 2. The zero-order valence-corrected chi connectivity index (χ0v) is 24.4. The summed E-state index contributed by atoms with van der Waals surface area (Å²) in [6, 6.07) is -1.05. The minimum absolute atomic E-state index is 0.0348. The van der Waals surface area contributed by atoms with E-state index in [1.54, 1.807) is 11.8 Å². The van der Waals surface area contributed by atoms with Gasteiger partial charge in [0, 0.05) is 46.3 Å². The van der Waals surface area contributed by atoms with Crippen LogP contribution in [0.1, 0.15) is 19.7 Å². The van der Waals surface area contributed by atoms with E-state index in [1.807, 2.05) is 0 Å². The molecule has 0 spiro atoms. The highest BCUT2D eigenvalue weighted by molar-refractivity contribution is 8.14. The van der Waals surface area contributed by atoms with Crippen LogP contribution in [0.15, 0.2) is 20.8 Å². The zero-order chi connectivity index (χ0) is 28.8. The number of aromatic nitrogens is 2. The second kappa shape index (κ2) is 11.1. The van der Waals surface area contributed by atoms with Crippen molar-refractivity contribution in [1.29, 1.82) is 0 Å². The molecule has 0 aliphatic carbocycles. The fourth-order valence-electron chi connectivity index (χ4n) is 3.99. The summed E-state index contributed by atoms with van der Waals surface area (Å²) in [5.74, 6) is -2.91. The molecule has 5 N–H and O–H groups in total. The Bertz CT molecular complexity index is 1360. The summed E-state index contributed by atoms with van der Waals surface area (Å²) < 4.78 is 3.94. The molecule has 1 aromatic heterocycles. The molecule has 0 saturated carbocycles. The molecule has 19 heteroatoms. The van der Waals surface area contributed by atoms with E-state index in [2.05, 4.69) is 29.7 Å². The third kappa shape index (κ3) is 5.46. The molecule has 0 bridgehead atoms. The van der Waals surface area contributed by atoms with Gasteiger partial charge in [-0.05, 0) is 13.8 Å². The van der Waals surface area contributed by atoms with Crippen molar-refractivity contribution in [3.05, 3.63) is 16.4 Å². The van der Waals surface area contributed by atoms with Crippen LogP contribution in [0.2, 0.25) is 0 Å². The summed E-state index contributed by atoms with van der Waals surface area (Å²) in [6.45, 7) is 4.80. The van der Waals surface area contributed by atoms with Crippen molar-refractivity contribution in [2.24, 2.45) is 10.1 Å². The largest absolute Gasteiger partial charge is 0.478 e. The summed E-state index contributed by atoms with van der Waals surface area (Å²) in [4.78, 5) is 67.3. The van der Waals surface area contributed by atoms with Crippen LogP contribution in [0.4, 0.5) is 5.13 Å². The van der Waals surface area contributed by atoms with Gasteiger partial charge in [0.25, 0.3) is 11.8 Å². The smallest absolute Gasteiger partial charge is 0.353 e. The Morgan fingerprint density at radius 1 is 1.27 bits per heavy atom. The van der Waals surface area contributed by atoms with Gasteiger partial charge < -0.3 is 31.0 Å². The number of anilines is 1. The number of hydrogen-bond donors (Lipinski definition) is 4. The lowest BCUT2D eigenvalue weighted by molar-refractivity contribution is -0.161. The van der Waals surface area contributed by atoms with E-state index in [0.29, 0.717) is 10.7 Å². The Morgan fingerprint density at radius 3 is 2.62 bits per heavy atom. The summed E-state index contributed by atoms with van der Waals surface area (Å²) in [5.41, 5.74) is 3.30. The average molecular weight is 629 g/mol. The summed E-state index contributed by atoms with van der Waals surface area (Å²) in [5, 5.41) is 26.1. The lowest BCUT2D eigenvalue weighted by Crippen LogP contribution is -2.71. The predicted molar refractivity (Wildman–Crippen MR) is 151 cm³/mol. The summed E-state index contributed by atoms with van der Waals surface area (Å²) in [6.07, 6.45) is 0. The van der Waals surface area contributed by atoms with Crippen LogP contribution < -0.4 is 11.1 Å². The Hall–Kier alpha value is -3.03. The Kier molecular flexibility index (Phi) is 7.90. The van der Waals surface area contributed by atoms with Crippen LogP contribution in [0.25, 0.3) is 0 Å². The standard InChI is InChI=1S/C21H24N8O7S4/c1-21(2,18(34)35)36-26-10(13-25-19(22)40-27-13)14(30)24-11-15(31)29-12(17(32)33)9(7-38-16(11)29)39-8-5-28(6-8)20-23-3-4-37-20/h8,11,16H,3-7H2,1-2H3,(H,24,30)(H,32,33)(H,34,35)(H2,22,25,27)/b26-10-/t11-,16-/m1/s1. The van der Waals surface area contributed by atoms with Crippen LogP contribution in [0.5, 0.6) is 0 Å². The first-order valence-corrected chi connectivity index (χ1v) is 15.5. The zero-order valence-electron chi connectivity index (χ0n) is 21.1. The number of aliphatic imine (C=N–C) groups is 1. The van der Waals surface area contributed by atoms with Crippen LogP contribution >= 0.6 is 46.8 Å². The van der Waals surface area contributed by atoms with Gasteiger partial charge in [-0.25, -0.2) is 9.59 Å². The lowest BCUT2D eigenvalue weighted by atomic mass is 10.0. The highest BCUT2D eigenvalue weighted by Crippen LogP contribution is 2.45. The van der Waals surface area contributed by atoms with Crippen molar-refractivity contribution in [2.45, 2.75) is 36.1 Å². The minimum Gasteiger partial charge on any atom is -0.478 e. The molecule has 2 atom stereocenters. The van der Waals surface area contributed by atoms with Gasteiger partial charge in [0.1, 0.15) is 17.1 Å². The highest BCUT2D eigenvalue weighted by Gasteiger charge is 2.55. The lowest BCUT2D eigenvalue weighted by Gasteiger charge is -2.50. The number of likely N-dealkylation sites (tertiary alicyclic amines) is 1. The first-order chi connectivity index (χ1) is 19.0. The summed E-state index contributed by atoms with van der Waals surface area (Å²) in [7, 11) is 0. The maximum absolute atomic E-state index is 13.2. The molecule has 4 aliphatic rings. The maximum Gasteiger partial charge on any atom is 0.353 e. The van der Waals surface area contributed by atoms with E-state index < -0.39 is 46.5 Å². The van der Waals surface area contributed by atoms with Gasteiger partial charge in [-0.1, -0.05) is 16.9 Å². The second-order valence-electron chi connectivity index (χ2n) is 9.40. The van der Waals surface area contributed by atoms with Gasteiger partial charge in [0.15, 0.2) is 10.3 Å². The maximum atomic E-state index is 13.2. The number of nitrogens with zero attached hydrogens (tertiary/aromatic N) is 6. The van der Waals surface area contributed by atoms with Crippen molar-refractivity contribution in [3.63, 3.8) is 0 Å². The van der Waals surface area contributed by atoms with Gasteiger partial charge in [-0.2, -0.15) is 9.36 Å². The summed E-state index contributed by atoms with van der Waals surface area (Å²) >= 11 is 5.30. The third-order valence-corrected chi connectivity index (χ3v) is 10.5. The Morgan fingerprint density at radius 2 is 2.02 bits per heavy atom. The van der Waals surface area contributed by atoms with Gasteiger partial charge >= 0.3 is 11.9 Å². The van der Waals surface area contributed by atoms with Gasteiger partial charge in [0.05, 0.1) is 6.54 Å². The molecule has 2 fully saturated rings. The second-order valence-corrected chi connectivity index (χ2v) is 13.7. The Labute approximate surface area is 244 Å². The molecule has 40 heavy (non-hydrogen) atoms. The number of oxime groups is 1. The van der Waals surface area contributed by atoms with Crippen molar-refractivity contribution in [2.75, 3.05) is 36.9 Å². The van der Waals surface area contributed by atoms with Crippen LogP contribution in [-0.4, -0.2) is 117 Å². The number of nitrogen functional groups attached to an aromatic ring is 1. The molecule has 0 unspecified atom stereocenters. The number of rotatable bonds is 9. The molecule has 5 rings (SSSR count). The number of amidine groups is 1. The van der Waals surface area contributed by atoms with Crippen molar-refractivity contribution < 1.29 is 34.2 Å². The van der Waals surface area contributed by atoms with Crippen LogP contribution in [0.3, 0.4) is 0 Å². The molecule has 214 valence electrons. The molecule has 5 heterocycles. The van der Waals surface area contributed by atoms with E-state index in [-0.39, 0.29) is 21.9 Å². The molecule has 1 aromatic rings. The fraction of sp³-hybridized carbons (Fsp3) is 0.524. The van der Waals surface area contributed by atoms with Gasteiger partial charge in [-0.15, -0.1) is 23.5 Å². The fourth-order valence-corrected chi connectivity index (χ4v) is 8.18. The molecule has 0 aromatic carbocycles. The number of carbonyl (C=O) groups is 4. The Balaban J connectivity index is 1.28. The number of β-lactam (4-membered cyclic amide) rings is 1. The highest BCUT2D eigenvalue weighted by atomic mass is 32.2. The molecular weight excluding hydrogens is 605 g/mol. The van der Waals surface area contributed by atoms with Crippen molar-refractivity contribution in [1.82, 2.24) is 24.5 Å². The number of aliphatic carboxylic acids is 2. The van der Waals surface area contributed by atoms with Crippen molar-refractivity contribution in [3.8, 4) is 0 Å². The van der Waals surface area contributed by atoms with Gasteiger partial charge in [0.2, 0.25) is 17.1 Å². The number of fused-ring (bicyclic) bond motifs is 1. The number of nitrogens with one attached hydrogen (secondary N) is 1. The quantitative estimate of drug-likeness (QED) is 0.160. The number of amides is 2. The van der Waals surface area contributed by atoms with E-state index in [0.717, 1.165) is 42.1 Å². The predicted octanol–water partition coefficient (Wildman–Crippen LogP) is -0.0795. The molecule has 0 radical (unpaired) electrons. The number of hydrogen-bond acceptors (Lipinski definition) is 15. The molecule has 15 nitrogen and oxygen atoms in total. The first-order valence-electron chi connectivity index (χ1n) is 11.9. The van der Waals surface area contributed by atoms with Crippen LogP contribution in [-0.2, 0) is 24.0 Å². The molecule has 2 saturated heterocycles. The monoisotopic (exact) mass is 628 g/mol. The van der Waals surface area contributed by atoms with Crippen molar-refractivity contribution >= 4 is 86.6 Å². The number of nitrogens with two attached hydrogens (primary N) is 1. The number of thioether (sulfide) groups is 3. The SMILES string of the molecule is CC(C)(O/N=C(\C(=O)N[C@@H]1C(=O)N2C(C(=O)O)=C(SC3CN(C4=NCCS4)C3)CS[C@H]12)c1nsc(N)n1)C(=O)O. The molecule has 4 aliphatic heterocycles. The normalized spacial score (nSPS) is 23.3. The van der Waals surface area contributed by atoms with Gasteiger partial charge in [-0.3, -0.25) is 19.5 Å². The van der Waals surface area contributed by atoms with E-state index in [1.165, 1.54) is 42.3 Å². The minimum atomic E-state index is -1.77. The molecular formula is C21H24N8O7S4. The topological polar surface area (TPSA) is 213 Å². The van der Waals surface area contributed by atoms with E-state index in [4.69, 9.17) is 10.6 Å².